The highest BCUT2D eigenvalue weighted by atomic mass is 16.5. The van der Waals surface area contributed by atoms with Crippen molar-refractivity contribution in [2.24, 2.45) is 11.3 Å². The van der Waals surface area contributed by atoms with E-state index in [1.165, 1.54) is 6.42 Å². The first-order chi connectivity index (χ1) is 12.7. The Hall–Kier alpha value is -1.18. The van der Waals surface area contributed by atoms with Crippen molar-refractivity contribution in [2.45, 2.75) is 38.1 Å². The van der Waals surface area contributed by atoms with Gasteiger partial charge in [-0.3, -0.25) is 14.5 Å². The SMILES string of the molecule is O=C1CC(NC(=O)[C@@]23CCCC[C@H]2CNC3)CN1CCN1CCOCC1. The Bertz CT molecular complexity index is 537. The highest BCUT2D eigenvalue weighted by molar-refractivity contribution is 5.86. The van der Waals surface area contributed by atoms with Crippen LogP contribution in [0.5, 0.6) is 0 Å². The maximum atomic E-state index is 13.1. The summed E-state index contributed by atoms with van der Waals surface area (Å²) in [5, 5.41) is 6.67. The number of carbonyl (C=O) groups excluding carboxylic acids is 2. The lowest BCUT2D eigenvalue weighted by molar-refractivity contribution is -0.134. The molecule has 4 fully saturated rings. The number of hydrogen-bond donors (Lipinski definition) is 2. The Labute approximate surface area is 155 Å². The van der Waals surface area contributed by atoms with Gasteiger partial charge in [-0.25, -0.2) is 0 Å². The third-order valence-electron chi connectivity index (χ3n) is 6.83. The summed E-state index contributed by atoms with van der Waals surface area (Å²) in [6.07, 6.45) is 4.95. The van der Waals surface area contributed by atoms with Crippen LogP contribution in [-0.2, 0) is 14.3 Å². The van der Waals surface area contributed by atoms with Gasteiger partial charge in [-0.2, -0.15) is 0 Å². The summed E-state index contributed by atoms with van der Waals surface area (Å²) in [6, 6.07) is -0.0303. The van der Waals surface area contributed by atoms with Crippen LogP contribution >= 0.6 is 0 Å². The fraction of sp³-hybridized carbons (Fsp3) is 0.895. The van der Waals surface area contributed by atoms with E-state index in [-0.39, 0.29) is 23.3 Å². The van der Waals surface area contributed by atoms with Gasteiger partial charge in [0.25, 0.3) is 0 Å². The van der Waals surface area contributed by atoms with Crippen LogP contribution in [0.1, 0.15) is 32.1 Å². The van der Waals surface area contributed by atoms with E-state index in [1.54, 1.807) is 0 Å². The maximum Gasteiger partial charge on any atom is 0.228 e. The Morgan fingerprint density at radius 1 is 1.27 bits per heavy atom. The standard InChI is InChI=1S/C19H32N4O3/c24-17-11-16(13-23(17)6-5-22-7-9-26-10-8-22)21-18(25)19-4-2-1-3-15(19)12-20-14-19/h15-16,20H,1-14H2,(H,21,25)/t15-,16?,19+/m0/s1. The minimum atomic E-state index is -0.234. The molecule has 3 atom stereocenters. The van der Waals surface area contributed by atoms with Gasteiger partial charge in [-0.1, -0.05) is 12.8 Å². The summed E-state index contributed by atoms with van der Waals surface area (Å²) in [5.41, 5.74) is -0.234. The van der Waals surface area contributed by atoms with Crippen molar-refractivity contribution in [3.8, 4) is 0 Å². The molecule has 0 aromatic heterocycles. The van der Waals surface area contributed by atoms with Gasteiger partial charge in [0.05, 0.1) is 24.7 Å². The average Bonchev–Trinajstić information content (AvgIpc) is 3.25. The zero-order valence-corrected chi connectivity index (χ0v) is 15.7. The lowest BCUT2D eigenvalue weighted by Crippen LogP contribution is -2.51. The molecule has 1 unspecified atom stereocenters. The Morgan fingerprint density at radius 2 is 2.12 bits per heavy atom. The van der Waals surface area contributed by atoms with E-state index in [9.17, 15) is 9.59 Å². The van der Waals surface area contributed by atoms with Crippen molar-refractivity contribution in [2.75, 3.05) is 59.0 Å². The third kappa shape index (κ3) is 3.62. The molecule has 0 aromatic carbocycles. The molecule has 7 heteroatoms. The molecule has 0 aromatic rings. The van der Waals surface area contributed by atoms with Gasteiger partial charge in [-0.05, 0) is 25.3 Å². The van der Waals surface area contributed by atoms with Gasteiger partial charge >= 0.3 is 0 Å². The molecule has 3 saturated heterocycles. The maximum absolute atomic E-state index is 13.1. The van der Waals surface area contributed by atoms with Gasteiger partial charge in [0.1, 0.15) is 0 Å². The van der Waals surface area contributed by atoms with Gasteiger partial charge < -0.3 is 20.3 Å². The fourth-order valence-corrected chi connectivity index (χ4v) is 5.19. The highest BCUT2D eigenvalue weighted by Gasteiger charge is 2.50. The second kappa shape index (κ2) is 7.82. The van der Waals surface area contributed by atoms with Gasteiger partial charge in [0.2, 0.25) is 11.8 Å². The van der Waals surface area contributed by atoms with E-state index in [1.807, 2.05) is 4.90 Å². The Balaban J connectivity index is 1.29. The largest absolute Gasteiger partial charge is 0.379 e. The molecule has 0 bridgehead atoms. The van der Waals surface area contributed by atoms with Gasteiger partial charge in [0.15, 0.2) is 0 Å². The minimum Gasteiger partial charge on any atom is -0.379 e. The molecule has 4 rings (SSSR count). The van der Waals surface area contributed by atoms with Crippen LogP contribution in [0.4, 0.5) is 0 Å². The zero-order valence-electron chi connectivity index (χ0n) is 15.7. The summed E-state index contributed by atoms with van der Waals surface area (Å²) in [6.45, 7) is 7.51. The third-order valence-corrected chi connectivity index (χ3v) is 6.83. The number of rotatable bonds is 5. The smallest absolute Gasteiger partial charge is 0.228 e. The summed E-state index contributed by atoms with van der Waals surface area (Å²) in [5.74, 6) is 0.816. The number of ether oxygens (including phenoxy) is 1. The number of amides is 2. The number of morpholine rings is 1. The van der Waals surface area contributed by atoms with Crippen LogP contribution in [0.15, 0.2) is 0 Å². The topological polar surface area (TPSA) is 73.9 Å². The lowest BCUT2D eigenvalue weighted by Gasteiger charge is -2.37. The normalized spacial score (nSPS) is 35.5. The molecule has 0 radical (unpaired) electrons. The van der Waals surface area contributed by atoms with Gasteiger partial charge in [-0.15, -0.1) is 0 Å². The van der Waals surface area contributed by atoms with Crippen LogP contribution in [0, 0.1) is 11.3 Å². The van der Waals surface area contributed by atoms with Crippen molar-refractivity contribution in [3.63, 3.8) is 0 Å². The minimum absolute atomic E-state index is 0.0303. The quantitative estimate of drug-likeness (QED) is 0.708. The average molecular weight is 364 g/mol. The first-order valence-corrected chi connectivity index (χ1v) is 10.3. The molecule has 0 spiro atoms. The second-order valence-electron chi connectivity index (χ2n) is 8.40. The Kier molecular flexibility index (Phi) is 5.47. The van der Waals surface area contributed by atoms with Crippen LogP contribution in [-0.4, -0.2) is 86.7 Å². The molecule has 7 nitrogen and oxygen atoms in total. The molecular weight excluding hydrogens is 332 g/mol. The van der Waals surface area contributed by atoms with Crippen LogP contribution in [0.3, 0.4) is 0 Å². The molecule has 3 aliphatic heterocycles. The molecule has 4 aliphatic rings. The summed E-state index contributed by atoms with van der Waals surface area (Å²) in [7, 11) is 0. The molecule has 1 saturated carbocycles. The van der Waals surface area contributed by atoms with E-state index >= 15 is 0 Å². The molecule has 3 heterocycles. The van der Waals surface area contributed by atoms with Crippen LogP contribution in [0.2, 0.25) is 0 Å². The summed E-state index contributed by atoms with van der Waals surface area (Å²) in [4.78, 5) is 29.7. The predicted molar refractivity (Wildman–Crippen MR) is 97.6 cm³/mol. The van der Waals surface area contributed by atoms with Crippen molar-refractivity contribution in [1.29, 1.82) is 0 Å². The van der Waals surface area contributed by atoms with Crippen molar-refractivity contribution >= 4 is 11.8 Å². The lowest BCUT2D eigenvalue weighted by atomic mass is 9.67. The molecule has 2 N–H and O–H groups in total. The highest BCUT2D eigenvalue weighted by Crippen LogP contribution is 2.44. The summed E-state index contributed by atoms with van der Waals surface area (Å²) >= 11 is 0. The molecule has 26 heavy (non-hydrogen) atoms. The molecular formula is C19H32N4O3. The molecule has 2 amide bonds. The molecule has 1 aliphatic carbocycles. The number of hydrogen-bond acceptors (Lipinski definition) is 5. The van der Waals surface area contributed by atoms with Crippen LogP contribution < -0.4 is 10.6 Å². The van der Waals surface area contributed by atoms with Crippen molar-refractivity contribution < 1.29 is 14.3 Å². The van der Waals surface area contributed by atoms with Crippen LogP contribution in [0.25, 0.3) is 0 Å². The van der Waals surface area contributed by atoms with E-state index < -0.39 is 0 Å². The van der Waals surface area contributed by atoms with E-state index in [0.717, 1.165) is 71.7 Å². The van der Waals surface area contributed by atoms with Crippen molar-refractivity contribution in [1.82, 2.24) is 20.4 Å². The number of carbonyl (C=O) groups is 2. The van der Waals surface area contributed by atoms with E-state index in [2.05, 4.69) is 15.5 Å². The first kappa shape index (κ1) is 18.2. The fourth-order valence-electron chi connectivity index (χ4n) is 5.19. The monoisotopic (exact) mass is 364 g/mol. The summed E-state index contributed by atoms with van der Waals surface area (Å²) < 4.78 is 5.37. The number of fused-ring (bicyclic) bond motifs is 1. The second-order valence-corrected chi connectivity index (χ2v) is 8.40. The molecule has 146 valence electrons. The predicted octanol–water partition coefficient (Wildman–Crippen LogP) is -0.184. The number of likely N-dealkylation sites (tertiary alicyclic amines) is 1. The van der Waals surface area contributed by atoms with E-state index in [4.69, 9.17) is 4.74 Å². The Morgan fingerprint density at radius 3 is 2.96 bits per heavy atom. The van der Waals surface area contributed by atoms with E-state index in [0.29, 0.717) is 18.9 Å². The number of nitrogens with one attached hydrogen (secondary N) is 2. The van der Waals surface area contributed by atoms with Crippen molar-refractivity contribution in [3.05, 3.63) is 0 Å². The first-order valence-electron chi connectivity index (χ1n) is 10.3. The number of nitrogens with zero attached hydrogens (tertiary/aromatic N) is 2. The zero-order chi connectivity index (χ0) is 18.0. The van der Waals surface area contributed by atoms with Gasteiger partial charge in [0, 0.05) is 45.7 Å².